The molecule has 0 unspecified atom stereocenters. The van der Waals surface area contributed by atoms with Crippen molar-refractivity contribution < 1.29 is 18.8 Å². The van der Waals surface area contributed by atoms with Gasteiger partial charge < -0.3 is 18.8 Å². The molecule has 0 N–H and O–H groups in total. The summed E-state index contributed by atoms with van der Waals surface area (Å²) in [6, 6.07) is 32.2. The van der Waals surface area contributed by atoms with Crippen LogP contribution in [0.3, 0.4) is 0 Å². The first kappa shape index (κ1) is 25.1. The Labute approximate surface area is 219 Å². The van der Waals surface area contributed by atoms with Crippen molar-refractivity contribution in [2.24, 2.45) is 0 Å². The maximum atomic E-state index is 6.28. The van der Waals surface area contributed by atoms with E-state index in [1.54, 1.807) is 0 Å². The van der Waals surface area contributed by atoms with E-state index < -0.39 is 18.3 Å². The molecule has 0 bridgehead atoms. The first-order chi connectivity index (χ1) is 17.8. The maximum absolute atomic E-state index is 6.28. The zero-order valence-corrected chi connectivity index (χ0v) is 21.8. The molecule has 0 radical (unpaired) electrons. The molecule has 0 amide bonds. The molecule has 0 aliphatic carbocycles. The molecule has 4 aromatic rings. The second-order valence-corrected chi connectivity index (χ2v) is 10.3. The topological polar surface area (TPSA) is 49.8 Å². The molecule has 37 heavy (non-hydrogen) atoms. The van der Waals surface area contributed by atoms with Gasteiger partial charge in [-0.1, -0.05) is 84.9 Å². The number of hydrogen-bond donors (Lipinski definition) is 0. The molecule has 1 saturated heterocycles. The highest BCUT2D eigenvalue weighted by molar-refractivity contribution is 6.62. The second-order valence-electron chi connectivity index (χ2n) is 10.3. The molecule has 1 aromatic heterocycles. The molecule has 1 aliphatic rings. The van der Waals surface area contributed by atoms with Crippen molar-refractivity contribution in [1.82, 2.24) is 4.98 Å². The highest BCUT2D eigenvalue weighted by Gasteiger charge is 2.51. The van der Waals surface area contributed by atoms with E-state index in [0.717, 1.165) is 27.7 Å². The van der Waals surface area contributed by atoms with Crippen molar-refractivity contribution in [3.8, 4) is 22.9 Å². The van der Waals surface area contributed by atoms with Gasteiger partial charge in [0.15, 0.2) is 0 Å². The van der Waals surface area contributed by atoms with Crippen LogP contribution >= 0.6 is 0 Å². The van der Waals surface area contributed by atoms with E-state index in [9.17, 15) is 0 Å². The fourth-order valence-corrected chi connectivity index (χ4v) is 4.12. The summed E-state index contributed by atoms with van der Waals surface area (Å²) in [5.41, 5.74) is 4.13. The van der Waals surface area contributed by atoms with Gasteiger partial charge in [0.1, 0.15) is 13.2 Å². The lowest BCUT2D eigenvalue weighted by atomic mass is 9.78. The summed E-state index contributed by atoms with van der Waals surface area (Å²) < 4.78 is 24.8. The Morgan fingerprint density at radius 3 is 1.89 bits per heavy atom. The number of rotatable bonds is 8. The average molecular weight is 493 g/mol. The number of aromatic nitrogens is 1. The first-order valence-corrected chi connectivity index (χ1v) is 12.6. The second kappa shape index (κ2) is 10.4. The zero-order valence-electron chi connectivity index (χ0n) is 21.8. The van der Waals surface area contributed by atoms with Gasteiger partial charge in [0.2, 0.25) is 11.8 Å². The molecule has 2 heterocycles. The molecule has 188 valence electrons. The van der Waals surface area contributed by atoms with Gasteiger partial charge >= 0.3 is 7.12 Å². The summed E-state index contributed by atoms with van der Waals surface area (Å²) in [4.78, 5) is 4.75. The van der Waals surface area contributed by atoms with Gasteiger partial charge in [-0.15, -0.1) is 0 Å². The minimum absolute atomic E-state index is 0.403. The van der Waals surface area contributed by atoms with Gasteiger partial charge in [-0.3, -0.25) is 0 Å². The average Bonchev–Trinajstić information content (AvgIpc) is 3.14. The maximum Gasteiger partial charge on any atom is 0.494 e. The van der Waals surface area contributed by atoms with E-state index in [2.05, 4.69) is 33.8 Å². The third-order valence-corrected chi connectivity index (χ3v) is 7.01. The Morgan fingerprint density at radius 1 is 0.676 bits per heavy atom. The first-order valence-electron chi connectivity index (χ1n) is 12.6. The zero-order chi connectivity index (χ0) is 25.9. The molecule has 1 aliphatic heterocycles. The van der Waals surface area contributed by atoms with Crippen LogP contribution in [0.4, 0.5) is 0 Å². The number of hydrogen-bond acceptors (Lipinski definition) is 5. The van der Waals surface area contributed by atoms with Crippen molar-refractivity contribution >= 4 is 12.6 Å². The van der Waals surface area contributed by atoms with E-state index in [0.29, 0.717) is 25.0 Å². The third-order valence-electron chi connectivity index (χ3n) is 7.01. The van der Waals surface area contributed by atoms with E-state index in [4.69, 9.17) is 23.8 Å². The minimum Gasteiger partial charge on any atom is -0.473 e. The molecule has 1 fully saturated rings. The number of ether oxygens (including phenoxy) is 2. The highest BCUT2D eigenvalue weighted by Crippen LogP contribution is 2.37. The fourth-order valence-electron chi connectivity index (χ4n) is 4.12. The Balaban J connectivity index is 1.43. The third kappa shape index (κ3) is 5.71. The van der Waals surface area contributed by atoms with Crippen LogP contribution in [0.5, 0.6) is 11.8 Å². The predicted molar refractivity (Wildman–Crippen MR) is 147 cm³/mol. The van der Waals surface area contributed by atoms with Crippen molar-refractivity contribution in [2.75, 3.05) is 0 Å². The summed E-state index contributed by atoms with van der Waals surface area (Å²) in [6.07, 6.45) is 0. The number of nitrogens with zero attached hydrogens (tertiary/aromatic N) is 1. The Morgan fingerprint density at radius 2 is 1.27 bits per heavy atom. The van der Waals surface area contributed by atoms with Crippen LogP contribution in [0.25, 0.3) is 11.1 Å². The van der Waals surface area contributed by atoms with Gasteiger partial charge in [-0.25, -0.2) is 0 Å². The lowest BCUT2D eigenvalue weighted by Gasteiger charge is -2.32. The largest absolute Gasteiger partial charge is 0.494 e. The normalized spacial score (nSPS) is 15.9. The fraction of sp³-hybridized carbons (Fsp3) is 0.258. The van der Waals surface area contributed by atoms with Crippen LogP contribution in [-0.2, 0) is 22.5 Å². The highest BCUT2D eigenvalue weighted by atomic mass is 16.7. The predicted octanol–water partition coefficient (Wildman–Crippen LogP) is 6.21. The van der Waals surface area contributed by atoms with Gasteiger partial charge in [-0.2, -0.15) is 4.98 Å². The molecule has 5 nitrogen and oxygen atoms in total. The Hall–Kier alpha value is -3.61. The quantitative estimate of drug-likeness (QED) is 0.274. The van der Waals surface area contributed by atoms with E-state index in [1.807, 2.05) is 91.0 Å². The number of benzene rings is 3. The van der Waals surface area contributed by atoms with E-state index >= 15 is 0 Å². The molecule has 0 saturated carbocycles. The van der Waals surface area contributed by atoms with Gasteiger partial charge in [-0.05, 0) is 55.9 Å². The van der Waals surface area contributed by atoms with Crippen LogP contribution in [0.2, 0.25) is 0 Å². The summed E-state index contributed by atoms with van der Waals surface area (Å²) in [5.74, 6) is 1.03. The van der Waals surface area contributed by atoms with Crippen LogP contribution < -0.4 is 14.9 Å². The van der Waals surface area contributed by atoms with Gasteiger partial charge in [0.25, 0.3) is 0 Å². The Kier molecular flexibility index (Phi) is 7.05. The van der Waals surface area contributed by atoms with E-state index in [1.165, 1.54) is 0 Å². The molecular formula is C31H32BNO4. The van der Waals surface area contributed by atoms with Crippen molar-refractivity contribution in [3.63, 3.8) is 0 Å². The standard InChI is InChI=1S/C31H32BNO4/c1-30(2)31(3,4)37-32(36-30)26-17-11-16-25(20-26)27-18-19-28(34-21-23-12-7-5-8-13-23)33-29(27)35-22-24-14-9-6-10-15-24/h5-20H,21-22H2,1-4H3. The van der Waals surface area contributed by atoms with Crippen molar-refractivity contribution in [1.29, 1.82) is 0 Å². The van der Waals surface area contributed by atoms with Crippen LogP contribution in [0.15, 0.2) is 97.1 Å². The summed E-state index contributed by atoms with van der Waals surface area (Å²) in [7, 11) is -0.444. The molecule has 5 rings (SSSR count). The smallest absolute Gasteiger partial charge is 0.473 e. The Bertz CT molecular complexity index is 1330. The SMILES string of the molecule is CC1(C)OB(c2cccc(-c3ccc(OCc4ccccc4)nc3OCc3ccccc3)c2)OC1(C)C. The molecule has 6 heteroatoms. The molecular weight excluding hydrogens is 461 g/mol. The molecule has 0 spiro atoms. The summed E-state index contributed by atoms with van der Waals surface area (Å²) in [6.45, 7) is 9.08. The van der Waals surface area contributed by atoms with Crippen LogP contribution in [0.1, 0.15) is 38.8 Å². The lowest BCUT2D eigenvalue weighted by molar-refractivity contribution is 0.00578. The lowest BCUT2D eigenvalue weighted by Crippen LogP contribution is -2.41. The summed E-state index contributed by atoms with van der Waals surface area (Å²) >= 11 is 0. The van der Waals surface area contributed by atoms with Crippen molar-refractivity contribution in [2.45, 2.75) is 52.1 Å². The van der Waals surface area contributed by atoms with Gasteiger partial charge in [0, 0.05) is 11.6 Å². The van der Waals surface area contributed by atoms with Gasteiger partial charge in [0.05, 0.1) is 11.2 Å². The minimum atomic E-state index is -0.444. The molecule has 3 aromatic carbocycles. The number of pyridine rings is 1. The summed E-state index contributed by atoms with van der Waals surface area (Å²) in [5, 5.41) is 0. The van der Waals surface area contributed by atoms with Crippen LogP contribution in [-0.4, -0.2) is 23.3 Å². The molecule has 0 atom stereocenters. The van der Waals surface area contributed by atoms with E-state index in [-0.39, 0.29) is 0 Å². The van der Waals surface area contributed by atoms with Crippen LogP contribution in [0, 0.1) is 0 Å². The monoisotopic (exact) mass is 493 g/mol. The van der Waals surface area contributed by atoms with Crippen molar-refractivity contribution in [3.05, 3.63) is 108 Å².